The highest BCUT2D eigenvalue weighted by atomic mass is 32.2. The number of pyridine rings is 1. The maximum absolute atomic E-state index is 13.4. The molecule has 1 aliphatic heterocycles. The van der Waals surface area contributed by atoms with Crippen LogP contribution in [0.4, 0.5) is 23.7 Å². The van der Waals surface area contributed by atoms with Crippen LogP contribution in [0.15, 0.2) is 52.0 Å². The fourth-order valence-electron chi connectivity index (χ4n) is 3.61. The predicted molar refractivity (Wildman–Crippen MR) is 125 cm³/mol. The Kier molecular flexibility index (Phi) is 6.43. The largest absolute Gasteiger partial charge is 0.481 e. The summed E-state index contributed by atoms with van der Waals surface area (Å²) in [6.07, 6.45) is -2.07. The van der Waals surface area contributed by atoms with Crippen molar-refractivity contribution in [2.24, 2.45) is 14.9 Å². The Balaban J connectivity index is 1.71. The van der Waals surface area contributed by atoms with E-state index < -0.39 is 27.7 Å². The zero-order chi connectivity index (χ0) is 26.3. The quantitative estimate of drug-likeness (QED) is 0.522. The van der Waals surface area contributed by atoms with Gasteiger partial charge in [0, 0.05) is 23.2 Å². The zero-order valence-corrected chi connectivity index (χ0v) is 20.3. The number of aromatic nitrogens is 3. The molecule has 4 rings (SSSR count). The molecule has 0 saturated carbocycles. The van der Waals surface area contributed by atoms with Crippen LogP contribution in [0.2, 0.25) is 0 Å². The van der Waals surface area contributed by atoms with Gasteiger partial charge < -0.3 is 14.8 Å². The van der Waals surface area contributed by atoms with Gasteiger partial charge in [0.15, 0.2) is 9.92 Å². The molecule has 0 spiro atoms. The smallest absolute Gasteiger partial charge is 0.416 e. The zero-order valence-electron chi connectivity index (χ0n) is 19.5. The number of nitrogens with zero attached hydrogens (tertiary/aromatic N) is 4. The maximum atomic E-state index is 13.4. The van der Waals surface area contributed by atoms with Crippen molar-refractivity contribution < 1.29 is 31.6 Å². The van der Waals surface area contributed by atoms with E-state index in [-0.39, 0.29) is 33.3 Å². The molecule has 10 nitrogen and oxygen atoms in total. The van der Waals surface area contributed by atoms with Crippen molar-refractivity contribution in [1.82, 2.24) is 14.8 Å². The molecule has 3 N–H and O–H groups in total. The third-order valence-electron chi connectivity index (χ3n) is 5.31. The first kappa shape index (κ1) is 25.4. The Morgan fingerprint density at radius 3 is 2.75 bits per heavy atom. The van der Waals surface area contributed by atoms with E-state index in [0.717, 1.165) is 12.1 Å². The number of carbonyl (C=O) groups excluding carboxylic acids is 1. The second-order valence-corrected chi connectivity index (χ2v) is 10.6. The van der Waals surface area contributed by atoms with Gasteiger partial charge in [0.2, 0.25) is 11.8 Å². The van der Waals surface area contributed by atoms with Gasteiger partial charge in [0.1, 0.15) is 4.90 Å². The number of nitrogens with one attached hydrogen (secondary N) is 1. The van der Waals surface area contributed by atoms with Gasteiger partial charge in [-0.05, 0) is 23.8 Å². The van der Waals surface area contributed by atoms with Crippen LogP contribution in [0.5, 0.6) is 11.8 Å². The van der Waals surface area contributed by atoms with E-state index in [1.54, 1.807) is 0 Å². The molecule has 1 aromatic carbocycles. The molecule has 1 atom stereocenters. The third kappa shape index (κ3) is 5.28. The first-order valence-corrected chi connectivity index (χ1v) is 12.1. The fourth-order valence-corrected chi connectivity index (χ4v) is 4.61. The number of nitrogens with two attached hydrogens (primary N) is 1. The lowest BCUT2D eigenvalue weighted by Gasteiger charge is -2.30. The molecule has 0 unspecified atom stereocenters. The van der Waals surface area contributed by atoms with Crippen molar-refractivity contribution in [1.29, 1.82) is 0 Å². The first-order chi connectivity index (χ1) is 16.8. The van der Waals surface area contributed by atoms with Crippen molar-refractivity contribution in [3.8, 4) is 22.9 Å². The minimum Gasteiger partial charge on any atom is -0.481 e. The summed E-state index contributed by atoms with van der Waals surface area (Å²) in [5, 5.41) is 12.3. The lowest BCUT2D eigenvalue weighted by molar-refractivity contribution is -0.137. The average molecular weight is 525 g/mol. The Morgan fingerprint density at radius 2 is 2.06 bits per heavy atom. The topological polar surface area (TPSA) is 134 Å². The van der Waals surface area contributed by atoms with Gasteiger partial charge in [0.25, 0.3) is 0 Å². The van der Waals surface area contributed by atoms with Crippen LogP contribution in [0.1, 0.15) is 19.4 Å². The maximum Gasteiger partial charge on any atom is 0.416 e. The fraction of sp³-hybridized carbons (Fsp3) is 0.318. The molecule has 0 fully saturated rings. The lowest BCUT2D eigenvalue weighted by Crippen LogP contribution is -2.33. The number of ether oxygens (including phenoxy) is 2. The van der Waals surface area contributed by atoms with E-state index in [4.69, 9.17) is 14.6 Å². The highest BCUT2D eigenvalue weighted by Gasteiger charge is 2.33. The van der Waals surface area contributed by atoms with E-state index in [9.17, 15) is 22.2 Å². The number of halogens is 3. The van der Waals surface area contributed by atoms with Crippen molar-refractivity contribution in [2.45, 2.75) is 31.5 Å². The number of hydrogen-bond donors (Lipinski definition) is 2. The van der Waals surface area contributed by atoms with Crippen LogP contribution in [-0.4, -0.2) is 38.7 Å². The van der Waals surface area contributed by atoms with E-state index in [1.165, 1.54) is 42.4 Å². The summed E-state index contributed by atoms with van der Waals surface area (Å²) in [5.41, 5.74) is -0.810. The van der Waals surface area contributed by atoms with Gasteiger partial charge in [-0.3, -0.25) is 0 Å². The van der Waals surface area contributed by atoms with Crippen LogP contribution >= 0.6 is 0 Å². The standard InChI is InChI=1S/C22H23F3N6O4S/c1-21(2)11-31-19(35-12-21)17(10-28-31)36(26,33)30-20(32)29-16-9-14(22(23,24)25)4-5-15(16)13-6-7-27-18(8-13)34-3/h4-10H,11-12H2,1-3H3,(H3,26,29,30,32,33)/t36-/m1/s1. The molecule has 0 bridgehead atoms. The number of benzene rings is 1. The lowest BCUT2D eigenvalue weighted by atomic mass is 9.94. The minimum atomic E-state index is -4.67. The summed E-state index contributed by atoms with van der Waals surface area (Å²) in [4.78, 5) is 16.6. The van der Waals surface area contributed by atoms with Gasteiger partial charge in [-0.15, -0.1) is 4.36 Å². The average Bonchev–Trinajstić information content (AvgIpc) is 3.21. The summed E-state index contributed by atoms with van der Waals surface area (Å²) in [6, 6.07) is 4.62. The van der Waals surface area contributed by atoms with Gasteiger partial charge in [-0.25, -0.2) is 23.8 Å². The highest BCUT2D eigenvalue weighted by molar-refractivity contribution is 7.91. The summed E-state index contributed by atoms with van der Waals surface area (Å²) in [5.74, 6) is 0.343. The molecule has 192 valence electrons. The Hall–Kier alpha value is -3.65. The second kappa shape index (κ2) is 9.09. The highest BCUT2D eigenvalue weighted by Crippen LogP contribution is 2.37. The van der Waals surface area contributed by atoms with Crippen LogP contribution in [0, 0.1) is 5.41 Å². The molecule has 3 heterocycles. The van der Waals surface area contributed by atoms with Gasteiger partial charge in [-0.2, -0.15) is 18.3 Å². The number of hydrogen-bond acceptors (Lipinski definition) is 6. The molecule has 36 heavy (non-hydrogen) atoms. The summed E-state index contributed by atoms with van der Waals surface area (Å²) in [6.45, 7) is 4.68. The SMILES string of the molecule is COc1cc(-c2ccc(C(F)(F)F)cc2NC(=O)N=[S@@](N)(=O)c2cnn3c2OCC(C)(C)C3)ccn1. The van der Waals surface area contributed by atoms with Gasteiger partial charge in [0.05, 0.1) is 37.7 Å². The molecule has 0 radical (unpaired) electrons. The Morgan fingerprint density at radius 1 is 1.31 bits per heavy atom. The van der Waals surface area contributed by atoms with E-state index in [2.05, 4.69) is 19.8 Å². The summed E-state index contributed by atoms with van der Waals surface area (Å²) < 4.78 is 69.0. The molecule has 14 heteroatoms. The van der Waals surface area contributed by atoms with Gasteiger partial charge >= 0.3 is 12.2 Å². The van der Waals surface area contributed by atoms with Crippen LogP contribution in [0.3, 0.4) is 0 Å². The molecule has 0 aliphatic carbocycles. The Bertz CT molecular complexity index is 1440. The summed E-state index contributed by atoms with van der Waals surface area (Å²) in [7, 11) is -2.45. The number of methoxy groups -OCH3 is 1. The van der Waals surface area contributed by atoms with Crippen molar-refractivity contribution in [2.75, 3.05) is 19.0 Å². The number of carbonyl (C=O) groups is 1. The van der Waals surface area contributed by atoms with Crippen molar-refractivity contribution in [3.63, 3.8) is 0 Å². The van der Waals surface area contributed by atoms with Gasteiger partial charge in [-0.1, -0.05) is 19.9 Å². The number of anilines is 1. The van der Waals surface area contributed by atoms with Crippen LogP contribution in [0.25, 0.3) is 11.1 Å². The number of rotatable bonds is 4. The van der Waals surface area contributed by atoms with Crippen molar-refractivity contribution in [3.05, 3.63) is 48.3 Å². The predicted octanol–water partition coefficient (Wildman–Crippen LogP) is 4.32. The number of urea groups is 1. The molecule has 2 amide bonds. The van der Waals surface area contributed by atoms with Crippen LogP contribution in [-0.2, 0) is 22.6 Å². The first-order valence-electron chi connectivity index (χ1n) is 10.6. The number of fused-ring (bicyclic) bond motifs is 1. The van der Waals surface area contributed by atoms with Crippen LogP contribution < -0.4 is 19.9 Å². The monoisotopic (exact) mass is 524 g/mol. The molecular formula is C22H23F3N6O4S. The minimum absolute atomic E-state index is 0.0868. The molecule has 3 aromatic rings. The number of amides is 2. The normalized spacial score (nSPS) is 16.3. The van der Waals surface area contributed by atoms with E-state index in [1.807, 2.05) is 13.8 Å². The Labute approximate surface area is 204 Å². The second-order valence-electron chi connectivity index (χ2n) is 8.86. The summed E-state index contributed by atoms with van der Waals surface area (Å²) >= 11 is 0. The molecule has 2 aromatic heterocycles. The van der Waals surface area contributed by atoms with Crippen molar-refractivity contribution >= 4 is 21.6 Å². The van der Waals surface area contributed by atoms with E-state index >= 15 is 0 Å². The molecular weight excluding hydrogens is 501 g/mol. The third-order valence-corrected chi connectivity index (χ3v) is 6.66. The van der Waals surface area contributed by atoms with E-state index in [0.29, 0.717) is 18.7 Å². The number of alkyl halides is 3. The molecule has 1 aliphatic rings. The molecule has 0 saturated heterocycles.